The highest BCUT2D eigenvalue weighted by molar-refractivity contribution is 6.67. The molecule has 4 heterocycles. The zero-order chi connectivity index (χ0) is 20.8. The van der Waals surface area contributed by atoms with Gasteiger partial charge >= 0.3 is 0 Å². The number of hydrogen-bond acceptors (Lipinski definition) is 6. The molecular formula is C21H20BN7O. The van der Waals surface area contributed by atoms with Gasteiger partial charge in [-0.1, -0.05) is 0 Å². The zero-order valence-electron chi connectivity index (χ0n) is 16.9. The minimum atomic E-state index is -0.155. The van der Waals surface area contributed by atoms with E-state index in [4.69, 9.17) is 5.26 Å². The van der Waals surface area contributed by atoms with Gasteiger partial charge in [0.2, 0.25) is 0 Å². The number of hydrogen-bond donors (Lipinski definition) is 0. The summed E-state index contributed by atoms with van der Waals surface area (Å²) in [7, 11) is 0. The van der Waals surface area contributed by atoms with Gasteiger partial charge in [-0.3, -0.25) is 4.79 Å². The predicted octanol–water partition coefficient (Wildman–Crippen LogP) is 2.42. The molecule has 0 unspecified atom stereocenters. The van der Waals surface area contributed by atoms with E-state index in [0.29, 0.717) is 16.7 Å². The lowest BCUT2D eigenvalue weighted by molar-refractivity contribution is 0.820. The second-order valence-electron chi connectivity index (χ2n) is 7.85. The van der Waals surface area contributed by atoms with Gasteiger partial charge in [-0.25, -0.2) is 24.3 Å². The summed E-state index contributed by atoms with van der Waals surface area (Å²) in [5.41, 5.74) is 4.13. The number of nitrogens with zero attached hydrogens (tertiary/aromatic N) is 7. The minimum Gasteiger partial charge on any atom is -0.373 e. The Kier molecular flexibility index (Phi) is 4.28. The first-order valence-electron chi connectivity index (χ1n) is 10.0. The van der Waals surface area contributed by atoms with Crippen LogP contribution in [0.25, 0.3) is 22.4 Å². The van der Waals surface area contributed by atoms with Crippen molar-refractivity contribution in [2.24, 2.45) is 0 Å². The van der Waals surface area contributed by atoms with Crippen LogP contribution in [0.4, 0.5) is 5.69 Å². The van der Waals surface area contributed by atoms with E-state index < -0.39 is 0 Å². The lowest BCUT2D eigenvalue weighted by Gasteiger charge is -2.30. The van der Waals surface area contributed by atoms with E-state index in [-0.39, 0.29) is 12.3 Å². The van der Waals surface area contributed by atoms with Crippen LogP contribution in [0, 0.1) is 25.1 Å². The van der Waals surface area contributed by atoms with Crippen LogP contribution >= 0.6 is 0 Å². The summed E-state index contributed by atoms with van der Waals surface area (Å²) >= 11 is 0. The Balaban J connectivity index is 1.54. The van der Waals surface area contributed by atoms with Gasteiger partial charge in [0.05, 0.1) is 22.8 Å². The van der Waals surface area contributed by atoms with Gasteiger partial charge in [0.25, 0.3) is 12.3 Å². The molecule has 0 radical (unpaired) electrons. The summed E-state index contributed by atoms with van der Waals surface area (Å²) in [6.07, 6.45) is 5.11. The Morgan fingerprint density at radius 1 is 1.17 bits per heavy atom. The lowest BCUT2D eigenvalue weighted by Crippen LogP contribution is -2.36. The Morgan fingerprint density at radius 3 is 2.73 bits per heavy atom. The van der Waals surface area contributed by atoms with Crippen LogP contribution in [-0.2, 0) is 0 Å². The fourth-order valence-corrected chi connectivity index (χ4v) is 4.08. The number of nitriles is 1. The van der Waals surface area contributed by atoms with Crippen molar-refractivity contribution in [3.63, 3.8) is 0 Å². The SMILES string of the molecule is Cc1cn2nc(-n3cnc4cc(N5CCB(C#N)CC5)ccc4c3=O)cc(C)c2n1. The standard InChI is InChI=1S/C21H20BN7O/c1-14-9-19(26-29-11-15(2)25-20(14)29)28-13-24-18-10-16(3-4-17(18)21(28)30)27-7-5-22(12-23)6-8-27/h3-4,9-11,13H,5-8H2,1-2H3. The van der Waals surface area contributed by atoms with Gasteiger partial charge in [0.15, 0.2) is 11.5 Å². The summed E-state index contributed by atoms with van der Waals surface area (Å²) in [5, 5.41) is 14.2. The Labute approximate surface area is 173 Å². The quantitative estimate of drug-likeness (QED) is 0.483. The highest BCUT2D eigenvalue weighted by Gasteiger charge is 2.23. The molecule has 30 heavy (non-hydrogen) atoms. The molecule has 0 aliphatic carbocycles. The highest BCUT2D eigenvalue weighted by atomic mass is 16.1. The Hall–Kier alpha value is -3.67. The summed E-state index contributed by atoms with van der Waals surface area (Å²) in [5.74, 6) is 2.87. The smallest absolute Gasteiger partial charge is 0.271 e. The first kappa shape index (κ1) is 18.4. The largest absolute Gasteiger partial charge is 0.373 e. The fraction of sp³-hybridized carbons (Fsp3) is 0.286. The van der Waals surface area contributed by atoms with E-state index in [0.717, 1.165) is 48.3 Å². The number of rotatable bonds is 2. The van der Waals surface area contributed by atoms with E-state index in [1.807, 2.05) is 44.3 Å². The number of fused-ring (bicyclic) bond motifs is 2. The van der Waals surface area contributed by atoms with Crippen LogP contribution in [0.3, 0.4) is 0 Å². The Bertz CT molecular complexity index is 1380. The first-order chi connectivity index (χ1) is 14.5. The third-order valence-corrected chi connectivity index (χ3v) is 5.75. The molecule has 9 heteroatoms. The molecule has 0 N–H and O–H groups in total. The summed E-state index contributed by atoms with van der Waals surface area (Å²) < 4.78 is 3.17. The second-order valence-corrected chi connectivity index (χ2v) is 7.85. The molecule has 1 aliphatic rings. The number of aryl methyl sites for hydroxylation is 2. The maximum Gasteiger partial charge on any atom is 0.271 e. The third kappa shape index (κ3) is 3.01. The van der Waals surface area contributed by atoms with Crippen molar-refractivity contribution in [3.05, 3.63) is 58.4 Å². The van der Waals surface area contributed by atoms with Crippen LogP contribution in [0.15, 0.2) is 41.6 Å². The van der Waals surface area contributed by atoms with Gasteiger partial charge in [-0.15, -0.1) is 5.10 Å². The minimum absolute atomic E-state index is 0.139. The number of aromatic nitrogens is 5. The maximum absolute atomic E-state index is 13.2. The van der Waals surface area contributed by atoms with Gasteiger partial charge in [-0.2, -0.15) is 0 Å². The average molecular weight is 397 g/mol. The average Bonchev–Trinajstić information content (AvgIpc) is 3.14. The molecule has 0 bridgehead atoms. The van der Waals surface area contributed by atoms with Crippen LogP contribution in [0.5, 0.6) is 0 Å². The van der Waals surface area contributed by atoms with Crippen molar-refractivity contribution in [1.82, 2.24) is 24.1 Å². The van der Waals surface area contributed by atoms with Crippen LogP contribution < -0.4 is 10.5 Å². The third-order valence-electron chi connectivity index (χ3n) is 5.75. The molecule has 5 rings (SSSR count). The number of benzene rings is 1. The van der Waals surface area contributed by atoms with E-state index in [1.165, 1.54) is 10.9 Å². The molecule has 4 aromatic rings. The summed E-state index contributed by atoms with van der Waals surface area (Å²) in [6, 6.07) is 7.60. The second kappa shape index (κ2) is 6.99. The Morgan fingerprint density at radius 2 is 1.97 bits per heavy atom. The van der Waals surface area contributed by atoms with Crippen molar-refractivity contribution in [1.29, 1.82) is 5.26 Å². The molecule has 1 aromatic carbocycles. The van der Waals surface area contributed by atoms with Crippen molar-refractivity contribution in [3.8, 4) is 11.8 Å². The van der Waals surface area contributed by atoms with Crippen LogP contribution in [0.2, 0.25) is 12.6 Å². The molecule has 3 aromatic heterocycles. The van der Waals surface area contributed by atoms with E-state index in [9.17, 15) is 4.79 Å². The molecule has 0 saturated carbocycles. The molecule has 8 nitrogen and oxygen atoms in total. The van der Waals surface area contributed by atoms with Crippen LogP contribution in [-0.4, -0.2) is 44.0 Å². The highest BCUT2D eigenvalue weighted by Crippen LogP contribution is 2.23. The summed E-state index contributed by atoms with van der Waals surface area (Å²) in [6.45, 7) is 5.69. The fourth-order valence-electron chi connectivity index (χ4n) is 4.08. The van der Waals surface area contributed by atoms with Gasteiger partial charge in [-0.05, 0) is 56.3 Å². The number of imidazole rings is 1. The van der Waals surface area contributed by atoms with Crippen molar-refractivity contribution in [2.75, 3.05) is 18.0 Å². The van der Waals surface area contributed by atoms with E-state index in [2.05, 4.69) is 25.9 Å². The predicted molar refractivity (Wildman–Crippen MR) is 117 cm³/mol. The molecular weight excluding hydrogens is 377 g/mol. The van der Waals surface area contributed by atoms with Crippen LogP contribution in [0.1, 0.15) is 11.3 Å². The molecule has 0 amide bonds. The monoisotopic (exact) mass is 397 g/mol. The molecule has 0 spiro atoms. The normalized spacial score (nSPS) is 14.4. The lowest BCUT2D eigenvalue weighted by atomic mass is 9.45. The maximum atomic E-state index is 13.2. The van der Waals surface area contributed by atoms with E-state index in [1.54, 1.807) is 4.52 Å². The molecule has 1 saturated heterocycles. The number of anilines is 1. The van der Waals surface area contributed by atoms with Crippen molar-refractivity contribution < 1.29 is 0 Å². The van der Waals surface area contributed by atoms with Gasteiger partial charge in [0.1, 0.15) is 6.33 Å². The van der Waals surface area contributed by atoms with Crippen molar-refractivity contribution in [2.45, 2.75) is 26.5 Å². The van der Waals surface area contributed by atoms with Gasteiger partial charge in [0, 0.05) is 24.7 Å². The van der Waals surface area contributed by atoms with Gasteiger partial charge < -0.3 is 4.90 Å². The first-order valence-corrected chi connectivity index (χ1v) is 10.0. The topological polar surface area (TPSA) is 92.1 Å². The zero-order valence-corrected chi connectivity index (χ0v) is 16.9. The summed E-state index contributed by atoms with van der Waals surface area (Å²) in [4.78, 5) is 24.4. The van der Waals surface area contributed by atoms with E-state index >= 15 is 0 Å². The molecule has 1 fully saturated rings. The van der Waals surface area contributed by atoms with Crippen molar-refractivity contribution >= 4 is 29.0 Å². The molecule has 0 atom stereocenters. The molecule has 148 valence electrons. The molecule has 1 aliphatic heterocycles.